The fraction of sp³-hybridized carbons (Fsp3) is 0.240. The first-order valence-corrected chi connectivity index (χ1v) is 12.7. The van der Waals surface area contributed by atoms with Crippen molar-refractivity contribution in [2.24, 2.45) is 0 Å². The SMILES string of the molecule is O=C(COc1ccc(S(=O)(=O)Nc2ccc(F)cc2)cc1)N1CCN(c2cccc(C(F)(F)F)c2)CC1. The molecule has 1 fully saturated rings. The Kier molecular flexibility index (Phi) is 7.58. The van der Waals surface area contributed by atoms with Gasteiger partial charge in [0.15, 0.2) is 6.61 Å². The zero-order chi connectivity index (χ0) is 26.6. The smallest absolute Gasteiger partial charge is 0.416 e. The number of sulfonamides is 1. The zero-order valence-electron chi connectivity index (χ0n) is 19.4. The lowest BCUT2D eigenvalue weighted by molar-refractivity contribution is -0.137. The Morgan fingerprint density at radius 1 is 0.919 bits per heavy atom. The maximum absolute atomic E-state index is 13.0. The number of alkyl halides is 3. The van der Waals surface area contributed by atoms with Gasteiger partial charge < -0.3 is 14.5 Å². The minimum absolute atomic E-state index is 0.0405. The minimum atomic E-state index is -4.42. The number of carbonyl (C=O) groups excluding carboxylic acids is 1. The first-order valence-electron chi connectivity index (χ1n) is 11.2. The topological polar surface area (TPSA) is 78.9 Å². The van der Waals surface area contributed by atoms with Gasteiger partial charge in [0.25, 0.3) is 15.9 Å². The molecule has 1 amide bonds. The van der Waals surface area contributed by atoms with E-state index in [9.17, 15) is 30.8 Å². The number of rotatable bonds is 7. The van der Waals surface area contributed by atoms with Gasteiger partial charge in [-0.1, -0.05) is 6.07 Å². The Morgan fingerprint density at radius 2 is 1.57 bits per heavy atom. The predicted octanol–water partition coefficient (Wildman–Crippen LogP) is 4.37. The molecule has 3 aromatic rings. The number of anilines is 2. The molecule has 0 aliphatic carbocycles. The molecule has 0 spiro atoms. The van der Waals surface area contributed by atoms with E-state index in [1.165, 1.54) is 42.5 Å². The molecule has 0 unspecified atom stereocenters. The van der Waals surface area contributed by atoms with Crippen LogP contribution in [0.15, 0.2) is 77.7 Å². The van der Waals surface area contributed by atoms with Crippen molar-refractivity contribution in [1.82, 2.24) is 4.90 Å². The van der Waals surface area contributed by atoms with E-state index in [-0.39, 0.29) is 28.8 Å². The third-order valence-corrected chi connectivity index (χ3v) is 7.16. The van der Waals surface area contributed by atoms with Crippen molar-refractivity contribution in [3.63, 3.8) is 0 Å². The van der Waals surface area contributed by atoms with Gasteiger partial charge in [-0.15, -0.1) is 0 Å². The van der Waals surface area contributed by atoms with Gasteiger partial charge in [0.2, 0.25) is 0 Å². The van der Waals surface area contributed by atoms with Crippen molar-refractivity contribution < 1.29 is 35.5 Å². The molecule has 1 heterocycles. The summed E-state index contributed by atoms with van der Waals surface area (Å²) in [5.74, 6) is -0.494. The van der Waals surface area contributed by atoms with E-state index in [0.29, 0.717) is 31.9 Å². The van der Waals surface area contributed by atoms with Gasteiger partial charge >= 0.3 is 6.18 Å². The molecule has 0 radical (unpaired) electrons. The minimum Gasteiger partial charge on any atom is -0.484 e. The maximum Gasteiger partial charge on any atom is 0.416 e. The summed E-state index contributed by atoms with van der Waals surface area (Å²) in [6, 6.07) is 15.4. The highest BCUT2D eigenvalue weighted by Crippen LogP contribution is 2.32. The first-order chi connectivity index (χ1) is 17.5. The van der Waals surface area contributed by atoms with E-state index < -0.39 is 27.6 Å². The summed E-state index contributed by atoms with van der Waals surface area (Å²) < 4.78 is 84.8. The van der Waals surface area contributed by atoms with Gasteiger partial charge in [-0.2, -0.15) is 13.2 Å². The van der Waals surface area contributed by atoms with E-state index in [4.69, 9.17) is 4.74 Å². The largest absolute Gasteiger partial charge is 0.484 e. The van der Waals surface area contributed by atoms with Crippen LogP contribution in [0.5, 0.6) is 5.75 Å². The van der Waals surface area contributed by atoms with Gasteiger partial charge in [-0.25, -0.2) is 12.8 Å². The summed E-state index contributed by atoms with van der Waals surface area (Å²) in [5.41, 5.74) is -0.0652. The Hall–Kier alpha value is -3.80. The summed E-state index contributed by atoms with van der Waals surface area (Å²) in [7, 11) is -3.90. The van der Waals surface area contributed by atoms with Crippen LogP contribution in [0, 0.1) is 5.82 Å². The summed E-state index contributed by atoms with van der Waals surface area (Å²) in [6.45, 7) is 1.13. The van der Waals surface area contributed by atoms with Gasteiger partial charge in [0.05, 0.1) is 10.5 Å². The van der Waals surface area contributed by atoms with Crippen LogP contribution in [0.2, 0.25) is 0 Å². The average Bonchev–Trinajstić information content (AvgIpc) is 2.88. The fourth-order valence-electron chi connectivity index (χ4n) is 3.78. The number of carbonyl (C=O) groups is 1. The highest BCUT2D eigenvalue weighted by Gasteiger charge is 2.31. The number of ether oxygens (including phenoxy) is 1. The van der Waals surface area contributed by atoms with E-state index in [2.05, 4.69) is 4.72 Å². The molecule has 1 aliphatic rings. The molecule has 0 atom stereocenters. The molecular formula is C25H23F4N3O4S. The number of piperazine rings is 1. The number of hydrogen-bond donors (Lipinski definition) is 1. The Labute approximate surface area is 211 Å². The normalized spacial score (nSPS) is 14.4. The highest BCUT2D eigenvalue weighted by molar-refractivity contribution is 7.92. The van der Waals surface area contributed by atoms with Crippen LogP contribution in [-0.2, 0) is 21.0 Å². The number of hydrogen-bond acceptors (Lipinski definition) is 5. The van der Waals surface area contributed by atoms with E-state index in [1.807, 2.05) is 0 Å². The zero-order valence-corrected chi connectivity index (χ0v) is 20.2. The Bertz CT molecular complexity index is 1340. The second-order valence-electron chi connectivity index (χ2n) is 8.29. The van der Waals surface area contributed by atoms with Crippen molar-refractivity contribution >= 4 is 27.3 Å². The fourth-order valence-corrected chi connectivity index (χ4v) is 4.83. The molecule has 4 rings (SSSR count). The lowest BCUT2D eigenvalue weighted by Crippen LogP contribution is -2.50. The molecule has 196 valence electrons. The van der Waals surface area contributed by atoms with Crippen LogP contribution < -0.4 is 14.4 Å². The second-order valence-corrected chi connectivity index (χ2v) is 9.97. The third-order valence-electron chi connectivity index (χ3n) is 5.76. The molecule has 37 heavy (non-hydrogen) atoms. The Balaban J connectivity index is 1.28. The highest BCUT2D eigenvalue weighted by atomic mass is 32.2. The number of nitrogens with zero attached hydrogens (tertiary/aromatic N) is 2. The average molecular weight is 538 g/mol. The van der Waals surface area contributed by atoms with Gasteiger partial charge in [0.1, 0.15) is 11.6 Å². The number of halogens is 4. The molecule has 1 aliphatic heterocycles. The molecule has 0 bridgehead atoms. The van der Waals surface area contributed by atoms with Crippen molar-refractivity contribution in [3.05, 3.63) is 84.2 Å². The molecule has 7 nitrogen and oxygen atoms in total. The quantitative estimate of drug-likeness (QED) is 0.453. The van der Waals surface area contributed by atoms with E-state index in [1.54, 1.807) is 15.9 Å². The lowest BCUT2D eigenvalue weighted by atomic mass is 10.1. The summed E-state index contributed by atoms with van der Waals surface area (Å²) in [6.07, 6.45) is -4.42. The third kappa shape index (κ3) is 6.70. The molecule has 0 saturated carbocycles. The molecule has 1 saturated heterocycles. The molecular weight excluding hydrogens is 514 g/mol. The standard InChI is InChI=1S/C25H23F4N3O4S/c26-19-4-6-20(7-5-19)30-37(34,35)23-10-8-22(9-11-23)36-17-24(33)32-14-12-31(13-15-32)21-3-1-2-18(16-21)25(27,28)29/h1-11,16,30H,12-15,17H2. The van der Waals surface area contributed by atoms with Crippen LogP contribution in [0.4, 0.5) is 28.9 Å². The molecule has 0 aromatic heterocycles. The van der Waals surface area contributed by atoms with Crippen molar-refractivity contribution in [1.29, 1.82) is 0 Å². The van der Waals surface area contributed by atoms with E-state index >= 15 is 0 Å². The van der Waals surface area contributed by atoms with Crippen LogP contribution in [0.25, 0.3) is 0 Å². The number of benzene rings is 3. The summed E-state index contributed by atoms with van der Waals surface area (Å²) >= 11 is 0. The van der Waals surface area contributed by atoms with Crippen molar-refractivity contribution in [2.75, 3.05) is 42.4 Å². The van der Waals surface area contributed by atoms with Gasteiger partial charge in [-0.3, -0.25) is 9.52 Å². The molecule has 3 aromatic carbocycles. The lowest BCUT2D eigenvalue weighted by Gasteiger charge is -2.36. The molecule has 12 heteroatoms. The van der Waals surface area contributed by atoms with Crippen molar-refractivity contribution in [3.8, 4) is 5.75 Å². The van der Waals surface area contributed by atoms with Crippen LogP contribution >= 0.6 is 0 Å². The predicted molar refractivity (Wildman–Crippen MR) is 129 cm³/mol. The summed E-state index contributed by atoms with van der Waals surface area (Å²) in [4.78, 5) is 15.9. The summed E-state index contributed by atoms with van der Waals surface area (Å²) in [5, 5.41) is 0. The monoisotopic (exact) mass is 537 g/mol. The van der Waals surface area contributed by atoms with Gasteiger partial charge in [-0.05, 0) is 66.7 Å². The first kappa shape index (κ1) is 26.3. The second kappa shape index (κ2) is 10.7. The Morgan fingerprint density at radius 3 is 2.19 bits per heavy atom. The van der Waals surface area contributed by atoms with Crippen molar-refractivity contribution in [2.45, 2.75) is 11.1 Å². The van der Waals surface area contributed by atoms with E-state index in [0.717, 1.165) is 24.3 Å². The van der Waals surface area contributed by atoms with Gasteiger partial charge in [0, 0.05) is 37.6 Å². The van der Waals surface area contributed by atoms with Crippen LogP contribution in [0.3, 0.4) is 0 Å². The maximum atomic E-state index is 13.0. The van der Waals surface area contributed by atoms with Crippen LogP contribution in [0.1, 0.15) is 5.56 Å². The number of amides is 1. The molecule has 1 N–H and O–H groups in total. The number of nitrogens with one attached hydrogen (secondary N) is 1. The van der Waals surface area contributed by atoms with Crippen LogP contribution in [-0.4, -0.2) is 52.0 Å².